The minimum atomic E-state index is -0.862. The summed E-state index contributed by atoms with van der Waals surface area (Å²) in [7, 11) is 0. The van der Waals surface area contributed by atoms with Gasteiger partial charge in [0.2, 0.25) is 5.91 Å². The van der Waals surface area contributed by atoms with Gasteiger partial charge in [0, 0.05) is 30.4 Å². The van der Waals surface area contributed by atoms with Crippen LogP contribution in [0.3, 0.4) is 0 Å². The Kier molecular flexibility index (Phi) is 4.83. The van der Waals surface area contributed by atoms with Crippen molar-refractivity contribution in [3.63, 3.8) is 0 Å². The van der Waals surface area contributed by atoms with E-state index in [-0.39, 0.29) is 47.8 Å². The number of nitrogens with zero attached hydrogens (tertiary/aromatic N) is 3. The number of carbonyl (C=O) groups excluding carboxylic acids is 5. The Bertz CT molecular complexity index is 1290. The smallest absolute Gasteiger partial charge is 0.322 e. The first-order valence-electron chi connectivity index (χ1n) is 11.5. The lowest BCUT2D eigenvalue weighted by Crippen LogP contribution is -2.48. The van der Waals surface area contributed by atoms with Crippen LogP contribution in [-0.4, -0.2) is 69.0 Å². The van der Waals surface area contributed by atoms with E-state index < -0.39 is 18.0 Å². The van der Waals surface area contributed by atoms with Crippen molar-refractivity contribution >= 4 is 35.3 Å². The van der Waals surface area contributed by atoms with Crippen molar-refractivity contribution in [3.05, 3.63) is 47.3 Å². The van der Waals surface area contributed by atoms with Gasteiger partial charge in [-0.15, -0.1) is 0 Å². The second-order valence-electron chi connectivity index (χ2n) is 9.42. The third-order valence-corrected chi connectivity index (χ3v) is 7.21. The standard InChI is InChI=1S/C23H23N7O5/c31-19(8-16-20(32)27-23(35)26-16)24-15-6-13-5-12(15)9-29(13)22(34)17-7-18-21(33)25-14-4-2-1-3-11(14)10-30(18)28-17/h1-4,7,12-13,15-16H,5-6,8-10H2,(H,24,31)(H,25,33)(H2,26,27,32,35)/t12-,13-,15-,16?/m0/s1. The lowest BCUT2D eigenvalue weighted by molar-refractivity contribution is -0.127. The van der Waals surface area contributed by atoms with Crippen molar-refractivity contribution in [2.45, 2.75) is 43.9 Å². The SMILES string of the molecule is O=C(CC1NC(=O)NC1=O)N[C@H]1C[C@@H]2C[C@H]1CN2C(=O)c1cc2n(n1)Cc1ccccc1NC2=O. The predicted molar refractivity (Wildman–Crippen MR) is 120 cm³/mol. The van der Waals surface area contributed by atoms with Crippen LogP contribution < -0.4 is 21.3 Å². The number of amides is 6. The van der Waals surface area contributed by atoms with E-state index in [2.05, 4.69) is 26.4 Å². The van der Waals surface area contributed by atoms with Crippen LogP contribution in [0, 0.1) is 5.92 Å². The summed E-state index contributed by atoms with van der Waals surface area (Å²) in [6.07, 6.45) is 1.24. The van der Waals surface area contributed by atoms with E-state index >= 15 is 0 Å². The zero-order valence-corrected chi connectivity index (χ0v) is 18.6. The quantitative estimate of drug-likeness (QED) is 0.448. The van der Waals surface area contributed by atoms with Gasteiger partial charge in [-0.25, -0.2) is 4.79 Å². The normalized spacial score (nSPS) is 26.4. The summed E-state index contributed by atoms with van der Waals surface area (Å²) in [5.74, 6) is -1.26. The van der Waals surface area contributed by atoms with E-state index in [4.69, 9.17) is 0 Å². The fourth-order valence-corrected chi connectivity index (χ4v) is 5.53. The van der Waals surface area contributed by atoms with Crippen LogP contribution in [0.2, 0.25) is 0 Å². The van der Waals surface area contributed by atoms with Crippen LogP contribution in [0.25, 0.3) is 0 Å². The number of hydrogen-bond acceptors (Lipinski definition) is 6. The molecule has 12 heteroatoms. The van der Waals surface area contributed by atoms with Gasteiger partial charge in [-0.05, 0) is 30.4 Å². The van der Waals surface area contributed by atoms with Crippen LogP contribution >= 0.6 is 0 Å². The molecule has 0 spiro atoms. The minimum Gasteiger partial charge on any atom is -0.353 e. The van der Waals surface area contributed by atoms with E-state index in [0.717, 1.165) is 17.7 Å². The number of aromatic nitrogens is 2. The van der Waals surface area contributed by atoms with E-state index in [1.165, 1.54) is 6.07 Å². The molecule has 4 atom stereocenters. The molecule has 2 saturated heterocycles. The molecule has 1 unspecified atom stereocenters. The first-order valence-corrected chi connectivity index (χ1v) is 11.5. The molecule has 2 aromatic rings. The highest BCUT2D eigenvalue weighted by atomic mass is 16.2. The average molecular weight is 477 g/mol. The number of anilines is 1. The molecule has 6 amide bonds. The highest BCUT2D eigenvalue weighted by Crippen LogP contribution is 2.38. The van der Waals surface area contributed by atoms with Crippen molar-refractivity contribution in [1.82, 2.24) is 30.6 Å². The number of likely N-dealkylation sites (tertiary alicyclic amines) is 1. The van der Waals surface area contributed by atoms with Gasteiger partial charge in [0.05, 0.1) is 13.0 Å². The van der Waals surface area contributed by atoms with E-state index in [0.29, 0.717) is 25.2 Å². The zero-order chi connectivity index (χ0) is 24.3. The van der Waals surface area contributed by atoms with Crippen LogP contribution in [0.1, 0.15) is 45.8 Å². The Morgan fingerprint density at radius 1 is 1.11 bits per heavy atom. The third kappa shape index (κ3) is 3.70. The van der Waals surface area contributed by atoms with Gasteiger partial charge < -0.3 is 20.9 Å². The Balaban J connectivity index is 1.10. The molecule has 4 N–H and O–H groups in total. The van der Waals surface area contributed by atoms with E-state index in [9.17, 15) is 24.0 Å². The van der Waals surface area contributed by atoms with Gasteiger partial charge >= 0.3 is 6.03 Å². The van der Waals surface area contributed by atoms with E-state index in [1.807, 2.05) is 24.3 Å². The molecule has 1 aliphatic carbocycles. The lowest BCUT2D eigenvalue weighted by Gasteiger charge is -2.31. The molecule has 6 rings (SSSR count). The average Bonchev–Trinajstić information content (AvgIpc) is 3.57. The third-order valence-electron chi connectivity index (χ3n) is 7.21. The monoisotopic (exact) mass is 477 g/mol. The number of imide groups is 1. The maximum absolute atomic E-state index is 13.3. The predicted octanol–water partition coefficient (Wildman–Crippen LogP) is -0.186. The van der Waals surface area contributed by atoms with Crippen LogP contribution in [0.15, 0.2) is 30.3 Å². The number of urea groups is 1. The van der Waals surface area contributed by atoms with Crippen molar-refractivity contribution in [2.75, 3.05) is 11.9 Å². The molecule has 1 aromatic heterocycles. The van der Waals surface area contributed by atoms with Gasteiger partial charge in [0.1, 0.15) is 11.7 Å². The Morgan fingerprint density at radius 2 is 1.94 bits per heavy atom. The lowest BCUT2D eigenvalue weighted by atomic mass is 10.0. The zero-order valence-electron chi connectivity index (χ0n) is 18.6. The molecule has 35 heavy (non-hydrogen) atoms. The Hall–Kier alpha value is -4.22. The largest absolute Gasteiger partial charge is 0.353 e. The number of rotatable bonds is 4. The molecule has 4 heterocycles. The topological polar surface area (TPSA) is 155 Å². The van der Waals surface area contributed by atoms with Crippen LogP contribution in [0.5, 0.6) is 0 Å². The molecule has 1 saturated carbocycles. The number of hydrogen-bond donors (Lipinski definition) is 4. The number of fused-ring (bicyclic) bond motifs is 4. The van der Waals surface area contributed by atoms with Crippen LogP contribution in [-0.2, 0) is 16.1 Å². The molecule has 12 nitrogen and oxygen atoms in total. The summed E-state index contributed by atoms with van der Waals surface area (Å²) in [6, 6.07) is 7.43. The maximum Gasteiger partial charge on any atom is 0.322 e. The van der Waals surface area contributed by atoms with Crippen molar-refractivity contribution in [3.8, 4) is 0 Å². The number of carbonyl (C=O) groups is 5. The Morgan fingerprint density at radius 3 is 2.69 bits per heavy atom. The number of para-hydroxylation sites is 1. The number of benzene rings is 1. The minimum absolute atomic E-state index is 0.0386. The van der Waals surface area contributed by atoms with Crippen molar-refractivity contribution in [2.24, 2.45) is 5.92 Å². The van der Waals surface area contributed by atoms with Crippen molar-refractivity contribution < 1.29 is 24.0 Å². The van der Waals surface area contributed by atoms with Crippen molar-refractivity contribution in [1.29, 1.82) is 0 Å². The first kappa shape index (κ1) is 21.3. The summed E-state index contributed by atoms with van der Waals surface area (Å²) in [6.45, 7) is 0.865. The summed E-state index contributed by atoms with van der Waals surface area (Å²) < 4.78 is 1.56. The van der Waals surface area contributed by atoms with E-state index in [1.54, 1.807) is 9.58 Å². The fraction of sp³-hybridized carbons (Fsp3) is 0.391. The molecule has 0 radical (unpaired) electrons. The first-order chi connectivity index (χ1) is 16.9. The summed E-state index contributed by atoms with van der Waals surface area (Å²) in [4.78, 5) is 63.0. The van der Waals surface area contributed by atoms with Gasteiger partial charge in [-0.3, -0.25) is 29.2 Å². The molecule has 4 aliphatic rings. The number of nitrogens with one attached hydrogen (secondary N) is 4. The summed E-state index contributed by atoms with van der Waals surface area (Å²) >= 11 is 0. The highest BCUT2D eigenvalue weighted by molar-refractivity contribution is 6.06. The second kappa shape index (κ2) is 7.93. The maximum atomic E-state index is 13.3. The molecular formula is C23H23N7O5. The van der Waals surface area contributed by atoms with Gasteiger partial charge in [0.25, 0.3) is 17.7 Å². The molecule has 1 aromatic carbocycles. The van der Waals surface area contributed by atoms with Crippen LogP contribution in [0.4, 0.5) is 10.5 Å². The molecule has 3 aliphatic heterocycles. The molecule has 3 fully saturated rings. The van der Waals surface area contributed by atoms with Gasteiger partial charge in [-0.1, -0.05) is 18.2 Å². The van der Waals surface area contributed by atoms with Gasteiger partial charge in [-0.2, -0.15) is 5.10 Å². The Labute approximate surface area is 199 Å². The molecular weight excluding hydrogens is 454 g/mol. The second-order valence-corrected chi connectivity index (χ2v) is 9.42. The van der Waals surface area contributed by atoms with Gasteiger partial charge in [0.15, 0.2) is 5.69 Å². The highest BCUT2D eigenvalue weighted by Gasteiger charge is 2.48. The molecule has 180 valence electrons. The summed E-state index contributed by atoms with van der Waals surface area (Å²) in [5.41, 5.74) is 2.21. The summed E-state index contributed by atoms with van der Waals surface area (Å²) in [5, 5.41) is 14.8. The number of piperidine rings is 1. The molecule has 2 bridgehead atoms. The fourth-order valence-electron chi connectivity index (χ4n) is 5.53.